The molecule has 1 aromatic heterocycles. The number of imide groups is 1. The van der Waals surface area contributed by atoms with E-state index in [0.29, 0.717) is 43.5 Å². The lowest BCUT2D eigenvalue weighted by Crippen LogP contribution is -2.58. The average molecular weight is 551 g/mol. The number of aromatic nitrogens is 1. The van der Waals surface area contributed by atoms with Gasteiger partial charge in [0, 0.05) is 23.9 Å². The van der Waals surface area contributed by atoms with Crippen molar-refractivity contribution in [1.82, 2.24) is 15.4 Å². The van der Waals surface area contributed by atoms with Crippen LogP contribution in [0.25, 0.3) is 11.0 Å². The first-order valence-corrected chi connectivity index (χ1v) is 12.0. The number of alkyl halides is 1. The van der Waals surface area contributed by atoms with Crippen LogP contribution in [-0.2, 0) is 9.59 Å². The maximum Gasteiger partial charge on any atom is 0.266 e. The number of piperidine rings is 1. The smallest absolute Gasteiger partial charge is 0.266 e. The average Bonchev–Trinajstić information content (AvgIpc) is 3.26. The fourth-order valence-corrected chi connectivity index (χ4v) is 6.57. The van der Waals surface area contributed by atoms with Crippen LogP contribution >= 0.6 is 22.6 Å². The minimum atomic E-state index is -1.93. The van der Waals surface area contributed by atoms with E-state index in [0.717, 1.165) is 11.1 Å². The van der Waals surface area contributed by atoms with Gasteiger partial charge >= 0.3 is 0 Å². The molecule has 0 spiro atoms. The van der Waals surface area contributed by atoms with Gasteiger partial charge < -0.3 is 14.5 Å². The lowest BCUT2D eigenvalue weighted by Gasteiger charge is -2.47. The summed E-state index contributed by atoms with van der Waals surface area (Å²) in [5.41, 5.74) is -1.54. The van der Waals surface area contributed by atoms with Crippen molar-refractivity contribution in [2.75, 3.05) is 6.54 Å². The van der Waals surface area contributed by atoms with Gasteiger partial charge in [-0.3, -0.25) is 14.9 Å². The zero-order valence-electron chi connectivity index (χ0n) is 17.5. The number of hydrogen-bond donors (Lipinski definition) is 2. The molecule has 5 rings (SSSR count). The predicted octanol–water partition coefficient (Wildman–Crippen LogP) is 3.54. The Bertz CT molecular complexity index is 1180. The number of nitrogens with zero attached hydrogens (tertiary/aromatic N) is 2. The molecule has 3 heterocycles. The molecule has 168 valence electrons. The number of carbonyl (C=O) groups is 2. The summed E-state index contributed by atoms with van der Waals surface area (Å²) in [7, 11) is 0. The van der Waals surface area contributed by atoms with Crippen molar-refractivity contribution >= 4 is 45.4 Å². The standard InChI is InChI=1S/C23H23FIN3O4/c1-2-8-22-9-3-4-17(23(22,31)21(30)26-20(22)29)28-10-7-13(11-18(28)25)19-15-6-5-14(24)12-16(15)32-27-19/h3-6,9,12-13,18,31H,2,7-8,10-11H2,1H3,(H,26,29,30). The van der Waals surface area contributed by atoms with Crippen molar-refractivity contribution in [2.24, 2.45) is 5.41 Å². The van der Waals surface area contributed by atoms with Crippen LogP contribution in [0, 0.1) is 11.2 Å². The fraction of sp³-hybridized carbons (Fsp3) is 0.435. The van der Waals surface area contributed by atoms with Gasteiger partial charge in [0.25, 0.3) is 5.91 Å². The van der Waals surface area contributed by atoms with Gasteiger partial charge in [-0.1, -0.05) is 53.2 Å². The molecule has 2 N–H and O–H groups in total. The number of rotatable bonds is 4. The number of likely N-dealkylation sites (tertiary alicyclic amines) is 1. The SMILES string of the molecule is CCCC12C=CC=C(N3CCC(c4noc5cc(F)ccc45)CC3I)C1(O)C(=O)NC2=O. The number of hydrogen-bond acceptors (Lipinski definition) is 6. The number of fused-ring (bicyclic) bond motifs is 2. The number of allylic oxidation sites excluding steroid dienone is 2. The highest BCUT2D eigenvalue weighted by Gasteiger charge is 2.67. The first-order valence-electron chi connectivity index (χ1n) is 10.8. The lowest BCUT2D eigenvalue weighted by atomic mass is 9.66. The molecule has 9 heteroatoms. The summed E-state index contributed by atoms with van der Waals surface area (Å²) in [6.45, 7) is 2.50. The van der Waals surface area contributed by atoms with E-state index in [1.807, 2.05) is 11.8 Å². The third-order valence-electron chi connectivity index (χ3n) is 6.95. The summed E-state index contributed by atoms with van der Waals surface area (Å²) < 4.78 is 18.8. The van der Waals surface area contributed by atoms with E-state index < -0.39 is 22.8 Å². The van der Waals surface area contributed by atoms with Crippen LogP contribution in [0.1, 0.15) is 44.2 Å². The van der Waals surface area contributed by atoms with Crippen LogP contribution in [-0.4, -0.2) is 43.2 Å². The molecule has 4 atom stereocenters. The number of benzene rings is 1. The molecule has 0 radical (unpaired) electrons. The number of aliphatic hydroxyl groups is 1. The number of amides is 2. The first kappa shape index (κ1) is 21.6. The molecule has 2 amide bonds. The van der Waals surface area contributed by atoms with E-state index in [9.17, 15) is 19.1 Å². The van der Waals surface area contributed by atoms with Gasteiger partial charge in [-0.15, -0.1) is 0 Å². The van der Waals surface area contributed by atoms with E-state index in [1.165, 1.54) is 12.1 Å². The van der Waals surface area contributed by atoms with E-state index in [4.69, 9.17) is 4.52 Å². The second-order valence-electron chi connectivity index (χ2n) is 8.68. The van der Waals surface area contributed by atoms with Crippen LogP contribution in [0.4, 0.5) is 4.39 Å². The Morgan fingerprint density at radius 3 is 2.94 bits per heavy atom. The maximum atomic E-state index is 13.5. The van der Waals surface area contributed by atoms with Crippen LogP contribution < -0.4 is 5.32 Å². The number of nitrogens with one attached hydrogen (secondary N) is 1. The summed E-state index contributed by atoms with van der Waals surface area (Å²) >= 11 is 2.30. The quantitative estimate of drug-likeness (QED) is 0.262. The summed E-state index contributed by atoms with van der Waals surface area (Å²) in [5, 5.41) is 19.1. The second-order valence-corrected chi connectivity index (χ2v) is 10.1. The normalized spacial score (nSPS) is 32.2. The molecule has 7 nitrogen and oxygen atoms in total. The van der Waals surface area contributed by atoms with Crippen molar-refractivity contribution < 1.29 is 23.6 Å². The van der Waals surface area contributed by atoms with Gasteiger partial charge in [0.1, 0.15) is 11.2 Å². The highest BCUT2D eigenvalue weighted by Crippen LogP contribution is 2.51. The van der Waals surface area contributed by atoms with Crippen molar-refractivity contribution in [1.29, 1.82) is 0 Å². The second kappa shape index (κ2) is 7.65. The molecule has 4 unspecified atom stereocenters. The Balaban J connectivity index is 1.44. The Morgan fingerprint density at radius 2 is 2.19 bits per heavy atom. The molecule has 0 bridgehead atoms. The summed E-state index contributed by atoms with van der Waals surface area (Å²) in [6.07, 6.45) is 7.61. The topological polar surface area (TPSA) is 95.7 Å². The maximum absolute atomic E-state index is 13.5. The summed E-state index contributed by atoms with van der Waals surface area (Å²) in [6, 6.07) is 4.42. The zero-order chi connectivity index (χ0) is 22.7. The molecule has 2 aliphatic heterocycles. The van der Waals surface area contributed by atoms with Crippen LogP contribution in [0.3, 0.4) is 0 Å². The van der Waals surface area contributed by atoms with Crippen molar-refractivity contribution in [2.45, 2.75) is 48.2 Å². The van der Waals surface area contributed by atoms with E-state index in [2.05, 4.69) is 33.1 Å². The third kappa shape index (κ3) is 2.89. The Hall–Kier alpha value is -2.27. The highest BCUT2D eigenvalue weighted by molar-refractivity contribution is 14.1. The van der Waals surface area contributed by atoms with Crippen molar-refractivity contribution in [3.05, 3.63) is 53.6 Å². The Kier molecular flexibility index (Phi) is 5.16. The monoisotopic (exact) mass is 551 g/mol. The molecule has 2 aromatic rings. The number of carbonyl (C=O) groups excluding carboxylic acids is 2. The molecule has 0 saturated carbocycles. The first-order chi connectivity index (χ1) is 15.3. The molecule has 3 aliphatic rings. The predicted molar refractivity (Wildman–Crippen MR) is 123 cm³/mol. The van der Waals surface area contributed by atoms with Crippen LogP contribution in [0.2, 0.25) is 0 Å². The third-order valence-corrected chi connectivity index (χ3v) is 8.13. The minimum Gasteiger partial charge on any atom is -0.373 e. The van der Waals surface area contributed by atoms with Gasteiger partial charge in [-0.2, -0.15) is 0 Å². The summed E-state index contributed by atoms with van der Waals surface area (Å²) in [5.74, 6) is -1.39. The Morgan fingerprint density at radius 1 is 1.38 bits per heavy atom. The van der Waals surface area contributed by atoms with E-state index in [1.54, 1.807) is 24.3 Å². The van der Waals surface area contributed by atoms with Gasteiger partial charge in [0.05, 0.1) is 15.4 Å². The number of halogens is 2. The van der Waals surface area contributed by atoms with Crippen LogP contribution in [0.5, 0.6) is 0 Å². The highest BCUT2D eigenvalue weighted by atomic mass is 127. The molecule has 2 fully saturated rings. The molecular weight excluding hydrogens is 528 g/mol. The largest absolute Gasteiger partial charge is 0.373 e. The molecule has 1 aromatic carbocycles. The Labute approximate surface area is 197 Å². The van der Waals surface area contributed by atoms with E-state index in [-0.39, 0.29) is 15.8 Å². The molecule has 2 saturated heterocycles. The van der Waals surface area contributed by atoms with Gasteiger partial charge in [-0.25, -0.2) is 4.39 Å². The molecule has 1 aliphatic carbocycles. The summed E-state index contributed by atoms with van der Waals surface area (Å²) in [4.78, 5) is 27.7. The zero-order valence-corrected chi connectivity index (χ0v) is 19.6. The molecular formula is C23H23FIN3O4. The lowest BCUT2D eigenvalue weighted by molar-refractivity contribution is -0.142. The minimum absolute atomic E-state index is 0.0526. The van der Waals surface area contributed by atoms with Crippen molar-refractivity contribution in [3.8, 4) is 0 Å². The van der Waals surface area contributed by atoms with Crippen molar-refractivity contribution in [3.63, 3.8) is 0 Å². The van der Waals surface area contributed by atoms with Gasteiger partial charge in [-0.05, 0) is 37.5 Å². The van der Waals surface area contributed by atoms with E-state index >= 15 is 0 Å². The molecule has 32 heavy (non-hydrogen) atoms. The van der Waals surface area contributed by atoms with Gasteiger partial charge in [0.2, 0.25) is 11.5 Å². The fourth-order valence-electron chi connectivity index (χ4n) is 5.37. The van der Waals surface area contributed by atoms with Gasteiger partial charge in [0.15, 0.2) is 5.58 Å². The van der Waals surface area contributed by atoms with Crippen LogP contribution in [0.15, 0.2) is 46.6 Å².